The zero-order valence-electron chi connectivity index (χ0n) is 10.5. The Morgan fingerprint density at radius 1 is 1.37 bits per heavy atom. The summed E-state index contributed by atoms with van der Waals surface area (Å²) in [6, 6.07) is 7.99. The van der Waals surface area contributed by atoms with Gasteiger partial charge in [-0.15, -0.1) is 0 Å². The molecule has 2 aromatic heterocycles. The van der Waals surface area contributed by atoms with Gasteiger partial charge in [-0.3, -0.25) is 0 Å². The number of aromatic carboxylic acids is 1. The maximum Gasteiger partial charge on any atom is 0.341 e. The standard InChI is InChI=1S/C14H12N2O3/c1-8-3-4-11-9(5-8)6-12(16(11)2)13-10(14(17)18)7-15-19-13/h3-7H,1-2H3,(H,17,18). The molecule has 0 radical (unpaired) electrons. The van der Waals surface area contributed by atoms with Gasteiger partial charge in [0, 0.05) is 18.0 Å². The maximum absolute atomic E-state index is 11.1. The Balaban J connectivity index is 2.28. The molecule has 96 valence electrons. The van der Waals surface area contributed by atoms with E-state index in [9.17, 15) is 4.79 Å². The highest BCUT2D eigenvalue weighted by Gasteiger charge is 2.20. The third kappa shape index (κ3) is 1.71. The fraction of sp³-hybridized carbons (Fsp3) is 0.143. The van der Waals surface area contributed by atoms with Crippen LogP contribution in [0.1, 0.15) is 15.9 Å². The van der Waals surface area contributed by atoms with Gasteiger partial charge in [0.1, 0.15) is 5.56 Å². The Labute approximate surface area is 109 Å². The molecule has 0 amide bonds. The highest BCUT2D eigenvalue weighted by atomic mass is 16.5. The first-order valence-corrected chi connectivity index (χ1v) is 5.82. The molecular weight excluding hydrogens is 244 g/mol. The van der Waals surface area contributed by atoms with Crippen molar-refractivity contribution in [3.8, 4) is 11.5 Å². The molecule has 0 aliphatic heterocycles. The summed E-state index contributed by atoms with van der Waals surface area (Å²) in [5, 5.41) is 13.7. The second kappa shape index (κ2) is 3.98. The van der Waals surface area contributed by atoms with Crippen LogP contribution in [0.2, 0.25) is 0 Å². The summed E-state index contributed by atoms with van der Waals surface area (Å²) in [7, 11) is 1.88. The second-order valence-electron chi connectivity index (χ2n) is 4.52. The van der Waals surface area contributed by atoms with Crippen molar-refractivity contribution in [2.45, 2.75) is 6.92 Å². The fourth-order valence-corrected chi connectivity index (χ4v) is 2.26. The summed E-state index contributed by atoms with van der Waals surface area (Å²) in [4.78, 5) is 11.1. The van der Waals surface area contributed by atoms with Crippen LogP contribution in [0.15, 0.2) is 35.0 Å². The topological polar surface area (TPSA) is 68.3 Å². The molecule has 5 nitrogen and oxygen atoms in total. The van der Waals surface area contributed by atoms with E-state index < -0.39 is 5.97 Å². The van der Waals surface area contributed by atoms with Crippen LogP contribution in [-0.2, 0) is 7.05 Å². The summed E-state index contributed by atoms with van der Waals surface area (Å²) in [5.74, 6) is -0.762. The smallest absolute Gasteiger partial charge is 0.341 e. The van der Waals surface area contributed by atoms with E-state index in [4.69, 9.17) is 9.63 Å². The van der Waals surface area contributed by atoms with Gasteiger partial charge in [0.15, 0.2) is 5.76 Å². The number of aromatic nitrogens is 2. The Kier molecular flexibility index (Phi) is 2.41. The van der Waals surface area contributed by atoms with E-state index in [1.165, 1.54) is 6.20 Å². The molecule has 1 aromatic carbocycles. The molecule has 0 fully saturated rings. The van der Waals surface area contributed by atoms with Gasteiger partial charge in [0.25, 0.3) is 0 Å². The van der Waals surface area contributed by atoms with Crippen molar-refractivity contribution in [3.05, 3.63) is 41.6 Å². The largest absolute Gasteiger partial charge is 0.477 e. The average molecular weight is 256 g/mol. The number of rotatable bonds is 2. The van der Waals surface area contributed by atoms with Crippen molar-refractivity contribution < 1.29 is 14.4 Å². The van der Waals surface area contributed by atoms with Crippen LogP contribution in [0.4, 0.5) is 0 Å². The van der Waals surface area contributed by atoms with Crippen molar-refractivity contribution in [1.29, 1.82) is 0 Å². The molecule has 0 bridgehead atoms. The number of aryl methyl sites for hydroxylation is 2. The third-order valence-electron chi connectivity index (χ3n) is 3.23. The second-order valence-corrected chi connectivity index (χ2v) is 4.52. The lowest BCUT2D eigenvalue weighted by atomic mass is 10.1. The Hall–Kier alpha value is -2.56. The molecule has 2 heterocycles. The predicted octanol–water partition coefficient (Wildman–Crippen LogP) is 2.84. The number of hydrogen-bond donors (Lipinski definition) is 1. The molecule has 19 heavy (non-hydrogen) atoms. The van der Waals surface area contributed by atoms with Crippen molar-refractivity contribution >= 4 is 16.9 Å². The van der Waals surface area contributed by atoms with E-state index in [2.05, 4.69) is 11.2 Å². The summed E-state index contributed by atoms with van der Waals surface area (Å²) in [6.07, 6.45) is 1.22. The van der Waals surface area contributed by atoms with Gasteiger partial charge in [-0.1, -0.05) is 16.8 Å². The molecule has 0 saturated heterocycles. The Bertz CT molecular complexity index is 783. The number of nitrogens with zero attached hydrogens (tertiary/aromatic N) is 2. The van der Waals surface area contributed by atoms with Crippen LogP contribution in [-0.4, -0.2) is 20.8 Å². The molecule has 3 rings (SSSR count). The van der Waals surface area contributed by atoms with E-state index >= 15 is 0 Å². The molecule has 3 aromatic rings. The van der Waals surface area contributed by atoms with Crippen molar-refractivity contribution in [3.63, 3.8) is 0 Å². The van der Waals surface area contributed by atoms with Crippen LogP contribution < -0.4 is 0 Å². The minimum absolute atomic E-state index is 0.0719. The van der Waals surface area contributed by atoms with E-state index in [0.29, 0.717) is 5.69 Å². The minimum atomic E-state index is -1.04. The van der Waals surface area contributed by atoms with E-state index in [-0.39, 0.29) is 11.3 Å². The monoisotopic (exact) mass is 256 g/mol. The molecule has 0 atom stereocenters. The number of carboxylic acids is 1. The van der Waals surface area contributed by atoms with E-state index in [0.717, 1.165) is 16.5 Å². The number of hydrogen-bond acceptors (Lipinski definition) is 3. The number of carbonyl (C=O) groups is 1. The van der Waals surface area contributed by atoms with Gasteiger partial charge in [-0.05, 0) is 25.1 Å². The SMILES string of the molecule is Cc1ccc2c(c1)cc(-c1oncc1C(=O)O)n2C. The first kappa shape index (κ1) is 11.5. The summed E-state index contributed by atoms with van der Waals surface area (Å²) in [5.41, 5.74) is 2.95. The average Bonchev–Trinajstić information content (AvgIpc) is 2.94. The maximum atomic E-state index is 11.1. The number of benzene rings is 1. The van der Waals surface area contributed by atoms with Crippen molar-refractivity contribution in [1.82, 2.24) is 9.72 Å². The summed E-state index contributed by atoms with van der Waals surface area (Å²) in [6.45, 7) is 2.02. The lowest BCUT2D eigenvalue weighted by Gasteiger charge is -2.01. The molecule has 0 aliphatic rings. The highest BCUT2D eigenvalue weighted by molar-refractivity contribution is 5.96. The minimum Gasteiger partial charge on any atom is -0.477 e. The lowest BCUT2D eigenvalue weighted by Crippen LogP contribution is -1.98. The van der Waals surface area contributed by atoms with Gasteiger partial charge in [-0.2, -0.15) is 0 Å². The summed E-state index contributed by atoms with van der Waals surface area (Å²) >= 11 is 0. The fourth-order valence-electron chi connectivity index (χ4n) is 2.26. The lowest BCUT2D eigenvalue weighted by molar-refractivity contribution is 0.0697. The van der Waals surface area contributed by atoms with Gasteiger partial charge >= 0.3 is 5.97 Å². The molecule has 0 unspecified atom stereocenters. The quantitative estimate of drug-likeness (QED) is 0.765. The Morgan fingerprint density at radius 2 is 2.16 bits per heavy atom. The predicted molar refractivity (Wildman–Crippen MR) is 70.1 cm³/mol. The molecule has 5 heteroatoms. The molecule has 0 saturated carbocycles. The Morgan fingerprint density at radius 3 is 2.89 bits per heavy atom. The molecular formula is C14H12N2O3. The van der Waals surface area contributed by atoms with E-state index in [1.54, 1.807) is 0 Å². The van der Waals surface area contributed by atoms with Gasteiger partial charge in [-0.25, -0.2) is 4.79 Å². The van der Waals surface area contributed by atoms with Gasteiger partial charge in [0.05, 0.1) is 11.9 Å². The van der Waals surface area contributed by atoms with Crippen molar-refractivity contribution in [2.24, 2.45) is 7.05 Å². The van der Waals surface area contributed by atoms with E-state index in [1.807, 2.05) is 36.7 Å². The van der Waals surface area contributed by atoms with Gasteiger partial charge in [0.2, 0.25) is 0 Å². The van der Waals surface area contributed by atoms with Gasteiger partial charge < -0.3 is 14.2 Å². The van der Waals surface area contributed by atoms with Crippen LogP contribution in [0.3, 0.4) is 0 Å². The van der Waals surface area contributed by atoms with Crippen LogP contribution in [0.25, 0.3) is 22.4 Å². The normalized spacial score (nSPS) is 11.1. The first-order valence-electron chi connectivity index (χ1n) is 5.82. The number of fused-ring (bicyclic) bond motifs is 1. The van der Waals surface area contributed by atoms with Crippen LogP contribution in [0, 0.1) is 6.92 Å². The zero-order chi connectivity index (χ0) is 13.6. The third-order valence-corrected chi connectivity index (χ3v) is 3.23. The molecule has 0 spiro atoms. The number of carboxylic acid groups (broad SMARTS) is 1. The molecule has 1 N–H and O–H groups in total. The highest BCUT2D eigenvalue weighted by Crippen LogP contribution is 2.30. The first-order chi connectivity index (χ1) is 9.08. The zero-order valence-corrected chi connectivity index (χ0v) is 10.5. The molecule has 0 aliphatic carbocycles. The van der Waals surface area contributed by atoms with Crippen LogP contribution >= 0.6 is 0 Å². The van der Waals surface area contributed by atoms with Crippen molar-refractivity contribution in [2.75, 3.05) is 0 Å². The summed E-state index contributed by atoms with van der Waals surface area (Å²) < 4.78 is 7.01. The van der Waals surface area contributed by atoms with Crippen LogP contribution in [0.5, 0.6) is 0 Å².